The number of H-pyrrole nitrogens is 2. The molecule has 0 amide bonds. The van der Waals surface area contributed by atoms with Crippen molar-refractivity contribution < 1.29 is 8.78 Å². The van der Waals surface area contributed by atoms with Crippen molar-refractivity contribution in [3.8, 4) is 33.9 Å². The molecule has 0 aliphatic heterocycles. The Balaban J connectivity index is 1.23. The Bertz CT molecular complexity index is 1820. The molecule has 0 radical (unpaired) electrons. The lowest BCUT2D eigenvalue weighted by Crippen LogP contribution is -2.20. The van der Waals surface area contributed by atoms with Gasteiger partial charge in [-0.2, -0.15) is 5.10 Å². The number of nitrogens with one attached hydrogen (secondary N) is 3. The molecule has 9 heteroatoms. The first-order valence-electron chi connectivity index (χ1n) is 13.6. The molecule has 1 aliphatic rings. The fraction of sp³-hybridized carbons (Fsp3) is 0.226. The van der Waals surface area contributed by atoms with Gasteiger partial charge in [0.05, 0.1) is 11.2 Å². The van der Waals surface area contributed by atoms with Gasteiger partial charge in [0, 0.05) is 41.6 Å². The molecule has 0 spiro atoms. The fourth-order valence-electron chi connectivity index (χ4n) is 5.67. The summed E-state index contributed by atoms with van der Waals surface area (Å²) in [6, 6.07) is 13.4. The summed E-state index contributed by atoms with van der Waals surface area (Å²) in [4.78, 5) is 17.0. The Morgan fingerprint density at radius 2 is 1.75 bits per heavy atom. The number of benzene rings is 2. The van der Waals surface area contributed by atoms with E-state index in [-0.39, 0.29) is 11.3 Å². The zero-order valence-electron chi connectivity index (χ0n) is 21.7. The van der Waals surface area contributed by atoms with Crippen molar-refractivity contribution in [1.82, 2.24) is 35.5 Å². The zero-order valence-corrected chi connectivity index (χ0v) is 21.7. The van der Waals surface area contributed by atoms with Crippen LogP contribution < -0.4 is 5.32 Å². The second-order valence-electron chi connectivity index (χ2n) is 10.5. The van der Waals surface area contributed by atoms with Gasteiger partial charge in [0.2, 0.25) is 0 Å². The number of aromatic nitrogens is 6. The van der Waals surface area contributed by atoms with Gasteiger partial charge in [-0.3, -0.25) is 15.1 Å². The van der Waals surface area contributed by atoms with Crippen LogP contribution in [-0.2, 0) is 6.54 Å². The van der Waals surface area contributed by atoms with Crippen LogP contribution in [0.4, 0.5) is 8.78 Å². The molecule has 1 saturated carbocycles. The Kier molecular flexibility index (Phi) is 6.28. The van der Waals surface area contributed by atoms with Gasteiger partial charge in [0.15, 0.2) is 11.6 Å². The fourth-order valence-corrected chi connectivity index (χ4v) is 5.67. The van der Waals surface area contributed by atoms with Crippen molar-refractivity contribution >= 4 is 21.9 Å². The highest BCUT2D eigenvalue weighted by molar-refractivity contribution is 5.97. The number of fused-ring (bicyclic) bond motifs is 2. The van der Waals surface area contributed by atoms with E-state index in [1.165, 1.54) is 43.9 Å². The summed E-state index contributed by atoms with van der Waals surface area (Å²) in [5.41, 5.74) is 6.16. The third kappa shape index (κ3) is 4.62. The minimum atomic E-state index is -0.426. The topological polar surface area (TPSA) is 95.2 Å². The minimum absolute atomic E-state index is 0.235. The van der Waals surface area contributed by atoms with Crippen molar-refractivity contribution in [2.75, 3.05) is 6.54 Å². The number of pyridine rings is 2. The summed E-state index contributed by atoms with van der Waals surface area (Å²) in [6.45, 7) is 1.74. The van der Waals surface area contributed by atoms with Crippen molar-refractivity contribution in [3.63, 3.8) is 0 Å². The van der Waals surface area contributed by atoms with Gasteiger partial charge in [-0.25, -0.2) is 13.8 Å². The molecule has 1 aliphatic carbocycles. The third-order valence-electron chi connectivity index (χ3n) is 7.73. The summed E-state index contributed by atoms with van der Waals surface area (Å²) in [5, 5.41) is 11.4. The molecule has 40 heavy (non-hydrogen) atoms. The smallest absolute Gasteiger partial charge is 0.157 e. The maximum absolute atomic E-state index is 15.3. The summed E-state index contributed by atoms with van der Waals surface area (Å²) >= 11 is 0. The first-order chi connectivity index (χ1) is 19.6. The van der Waals surface area contributed by atoms with E-state index in [4.69, 9.17) is 4.98 Å². The van der Waals surface area contributed by atoms with Gasteiger partial charge >= 0.3 is 0 Å². The van der Waals surface area contributed by atoms with E-state index in [9.17, 15) is 4.39 Å². The van der Waals surface area contributed by atoms with Gasteiger partial charge in [0.1, 0.15) is 22.5 Å². The summed E-state index contributed by atoms with van der Waals surface area (Å²) < 4.78 is 28.8. The lowest BCUT2D eigenvalue weighted by atomic mass is 10.0. The summed E-state index contributed by atoms with van der Waals surface area (Å²) in [6.07, 6.45) is 10.5. The predicted molar refractivity (Wildman–Crippen MR) is 151 cm³/mol. The Morgan fingerprint density at radius 1 is 0.900 bits per heavy atom. The number of halogens is 2. The van der Waals surface area contributed by atoms with E-state index in [2.05, 4.69) is 36.5 Å². The Hall–Kier alpha value is -4.50. The van der Waals surface area contributed by atoms with Crippen LogP contribution in [0, 0.1) is 17.6 Å². The quantitative estimate of drug-likeness (QED) is 0.209. The molecular weight excluding hydrogens is 508 g/mol. The van der Waals surface area contributed by atoms with Crippen molar-refractivity contribution in [1.29, 1.82) is 0 Å². The van der Waals surface area contributed by atoms with E-state index in [1.807, 2.05) is 18.3 Å². The van der Waals surface area contributed by atoms with Gasteiger partial charge in [-0.05, 0) is 85.0 Å². The molecule has 4 heterocycles. The highest BCUT2D eigenvalue weighted by Crippen LogP contribution is 2.34. The van der Waals surface area contributed by atoms with E-state index >= 15 is 4.39 Å². The molecule has 7 nitrogen and oxygen atoms in total. The molecule has 0 unspecified atom stereocenters. The van der Waals surface area contributed by atoms with E-state index in [0.29, 0.717) is 33.7 Å². The zero-order chi connectivity index (χ0) is 27.1. The summed E-state index contributed by atoms with van der Waals surface area (Å²) in [5.74, 6) is 0.521. The summed E-state index contributed by atoms with van der Waals surface area (Å²) in [7, 11) is 0. The van der Waals surface area contributed by atoms with Gasteiger partial charge in [-0.15, -0.1) is 0 Å². The van der Waals surface area contributed by atoms with Gasteiger partial charge < -0.3 is 10.3 Å². The first-order valence-corrected chi connectivity index (χ1v) is 13.6. The monoisotopic (exact) mass is 535 g/mol. The number of hydrogen-bond donors (Lipinski definition) is 3. The molecule has 4 aromatic heterocycles. The number of hydrogen-bond acceptors (Lipinski definition) is 5. The lowest BCUT2D eigenvalue weighted by molar-refractivity contribution is 0.489. The molecule has 0 atom stereocenters. The first kappa shape index (κ1) is 24.5. The molecule has 7 rings (SSSR count). The van der Waals surface area contributed by atoms with Crippen molar-refractivity contribution in [2.24, 2.45) is 5.92 Å². The molecule has 200 valence electrons. The SMILES string of the molecule is Fc1ccc(-c2nccc3[nH]c(-c4[nH]nc5c(F)cc(-c6cncc(CNCC7CCCC7)c6)cc45)nc23)cc1. The maximum Gasteiger partial charge on any atom is 0.157 e. The van der Waals surface area contributed by atoms with E-state index < -0.39 is 5.82 Å². The Morgan fingerprint density at radius 3 is 2.60 bits per heavy atom. The second kappa shape index (κ2) is 10.2. The van der Waals surface area contributed by atoms with Gasteiger partial charge in [-0.1, -0.05) is 12.8 Å². The van der Waals surface area contributed by atoms with E-state index in [1.54, 1.807) is 24.5 Å². The van der Waals surface area contributed by atoms with Crippen LogP contribution >= 0.6 is 0 Å². The maximum atomic E-state index is 15.3. The number of rotatable bonds is 7. The van der Waals surface area contributed by atoms with E-state index in [0.717, 1.165) is 41.2 Å². The van der Waals surface area contributed by atoms with Crippen LogP contribution in [0.25, 0.3) is 55.8 Å². The minimum Gasteiger partial charge on any atom is -0.337 e. The molecular formula is C31H27F2N7. The molecule has 0 bridgehead atoms. The van der Waals surface area contributed by atoms with Crippen LogP contribution in [0.5, 0.6) is 0 Å². The lowest BCUT2D eigenvalue weighted by Gasteiger charge is -2.11. The number of imidazole rings is 1. The van der Waals surface area contributed by atoms with Crippen LogP contribution in [-0.4, -0.2) is 36.7 Å². The third-order valence-corrected chi connectivity index (χ3v) is 7.73. The molecule has 1 fully saturated rings. The van der Waals surface area contributed by atoms with Crippen molar-refractivity contribution in [2.45, 2.75) is 32.2 Å². The van der Waals surface area contributed by atoms with Gasteiger partial charge in [0.25, 0.3) is 0 Å². The standard InChI is InChI=1S/C31H27F2N7/c32-23-7-5-20(6-8-23)27-30-26(9-10-36-27)37-31(38-30)29-24-12-21(13-25(33)28(24)39-40-29)22-11-19(16-35-17-22)15-34-14-18-3-1-2-4-18/h5-13,16-18,34H,1-4,14-15H2,(H,37,38)(H,39,40). The van der Waals surface area contributed by atoms with Crippen LogP contribution in [0.15, 0.2) is 67.1 Å². The number of aromatic amines is 2. The molecule has 0 saturated heterocycles. The normalized spacial score (nSPS) is 14.1. The molecule has 6 aromatic rings. The Labute approximate surface area is 229 Å². The highest BCUT2D eigenvalue weighted by atomic mass is 19.1. The number of nitrogens with zero attached hydrogens (tertiary/aromatic N) is 4. The highest BCUT2D eigenvalue weighted by Gasteiger charge is 2.19. The van der Waals surface area contributed by atoms with Crippen LogP contribution in [0.2, 0.25) is 0 Å². The average molecular weight is 536 g/mol. The molecule has 3 N–H and O–H groups in total. The predicted octanol–water partition coefficient (Wildman–Crippen LogP) is 6.79. The largest absolute Gasteiger partial charge is 0.337 e. The molecule has 2 aromatic carbocycles. The van der Waals surface area contributed by atoms with Crippen LogP contribution in [0.3, 0.4) is 0 Å². The average Bonchev–Trinajstić information content (AvgIpc) is 3.73. The van der Waals surface area contributed by atoms with Crippen molar-refractivity contribution in [3.05, 3.63) is 84.3 Å². The second-order valence-corrected chi connectivity index (χ2v) is 10.5. The van der Waals surface area contributed by atoms with Crippen LogP contribution in [0.1, 0.15) is 31.2 Å².